The molecule has 1 N–H and O–H groups in total. The molecule has 190 valence electrons. The van der Waals surface area contributed by atoms with Gasteiger partial charge >= 0.3 is 6.03 Å². The van der Waals surface area contributed by atoms with E-state index in [0.29, 0.717) is 41.5 Å². The fourth-order valence-electron chi connectivity index (χ4n) is 5.65. The van der Waals surface area contributed by atoms with Crippen LogP contribution in [0.15, 0.2) is 72.8 Å². The van der Waals surface area contributed by atoms with Gasteiger partial charge in [-0.15, -0.1) is 0 Å². The predicted octanol–water partition coefficient (Wildman–Crippen LogP) is 5.07. The van der Waals surface area contributed by atoms with Crippen LogP contribution in [0.2, 0.25) is 5.02 Å². The Morgan fingerprint density at radius 2 is 1.81 bits per heavy atom. The van der Waals surface area contributed by atoms with E-state index in [9.17, 15) is 9.59 Å². The zero-order valence-electron chi connectivity index (χ0n) is 20.7. The molecule has 3 aliphatic heterocycles. The lowest BCUT2D eigenvalue weighted by Crippen LogP contribution is -2.65. The summed E-state index contributed by atoms with van der Waals surface area (Å²) in [4.78, 5) is 32.6. The average molecular weight is 517 g/mol. The van der Waals surface area contributed by atoms with Gasteiger partial charge in [0.2, 0.25) is 0 Å². The molecule has 6 rings (SSSR count). The van der Waals surface area contributed by atoms with Crippen LogP contribution < -0.4 is 15.0 Å². The van der Waals surface area contributed by atoms with Crippen molar-refractivity contribution in [1.29, 1.82) is 0 Å². The zero-order valence-corrected chi connectivity index (χ0v) is 21.4. The number of rotatable bonds is 4. The maximum absolute atomic E-state index is 13.4. The van der Waals surface area contributed by atoms with Gasteiger partial charge in [-0.25, -0.2) is 4.79 Å². The highest BCUT2D eigenvalue weighted by Crippen LogP contribution is 2.46. The monoisotopic (exact) mass is 516 g/mol. The van der Waals surface area contributed by atoms with Crippen LogP contribution >= 0.6 is 11.6 Å². The number of hydrogen-bond donors (Lipinski definition) is 1. The first-order valence-electron chi connectivity index (χ1n) is 12.6. The number of carbonyl (C=O) groups is 2. The van der Waals surface area contributed by atoms with Crippen molar-refractivity contribution in [1.82, 2.24) is 15.1 Å². The van der Waals surface area contributed by atoms with E-state index < -0.39 is 5.72 Å². The summed E-state index contributed by atoms with van der Waals surface area (Å²) in [5, 5.41) is 3.70. The Morgan fingerprint density at radius 3 is 2.59 bits per heavy atom. The third-order valence-electron chi connectivity index (χ3n) is 7.49. The Bertz CT molecular complexity index is 1340. The van der Waals surface area contributed by atoms with Crippen molar-refractivity contribution in [3.63, 3.8) is 0 Å². The van der Waals surface area contributed by atoms with Gasteiger partial charge in [0.15, 0.2) is 5.72 Å². The number of carbonyl (C=O) groups excluding carboxylic acids is 2. The van der Waals surface area contributed by atoms with Crippen LogP contribution in [0.25, 0.3) is 0 Å². The lowest BCUT2D eigenvalue weighted by Gasteiger charge is -2.50. The molecular formula is C29H29ClN4O3. The highest BCUT2D eigenvalue weighted by Gasteiger charge is 2.50. The summed E-state index contributed by atoms with van der Waals surface area (Å²) in [6, 6.07) is 22.7. The third kappa shape index (κ3) is 4.54. The maximum atomic E-state index is 13.4. The van der Waals surface area contributed by atoms with Gasteiger partial charge < -0.3 is 15.0 Å². The Labute approximate surface area is 221 Å². The van der Waals surface area contributed by atoms with Crippen LogP contribution in [-0.2, 0) is 6.54 Å². The van der Waals surface area contributed by atoms with Crippen molar-refractivity contribution in [3.8, 4) is 5.75 Å². The number of nitrogens with zero attached hydrogens (tertiary/aromatic N) is 3. The Hall–Kier alpha value is -3.55. The number of halogens is 1. The number of anilines is 1. The molecule has 0 aliphatic carbocycles. The lowest BCUT2D eigenvalue weighted by molar-refractivity contribution is 0.0378. The number of fused-ring (bicyclic) bond motifs is 4. The highest BCUT2D eigenvalue weighted by atomic mass is 35.5. The first-order chi connectivity index (χ1) is 17.9. The molecule has 8 heteroatoms. The van der Waals surface area contributed by atoms with Crippen molar-refractivity contribution in [2.75, 3.05) is 31.1 Å². The Balaban J connectivity index is 1.18. The molecule has 2 unspecified atom stereocenters. The van der Waals surface area contributed by atoms with E-state index in [0.717, 1.165) is 25.2 Å². The van der Waals surface area contributed by atoms with Crippen molar-refractivity contribution < 1.29 is 14.3 Å². The number of nitrogens with one attached hydrogen (secondary N) is 1. The van der Waals surface area contributed by atoms with Crippen LogP contribution in [0.1, 0.15) is 40.9 Å². The summed E-state index contributed by atoms with van der Waals surface area (Å²) in [5.41, 5.74) is 2.47. The molecule has 3 heterocycles. The topological polar surface area (TPSA) is 65.1 Å². The fraction of sp³-hybridized carbons (Fsp3) is 0.310. The minimum Gasteiger partial charge on any atom is -0.467 e. The van der Waals surface area contributed by atoms with E-state index in [2.05, 4.69) is 34.5 Å². The van der Waals surface area contributed by atoms with Gasteiger partial charge in [0.25, 0.3) is 5.91 Å². The smallest absolute Gasteiger partial charge is 0.325 e. The van der Waals surface area contributed by atoms with Crippen molar-refractivity contribution in [3.05, 3.63) is 94.5 Å². The molecule has 3 aromatic carbocycles. The van der Waals surface area contributed by atoms with Gasteiger partial charge in [-0.3, -0.25) is 14.6 Å². The largest absolute Gasteiger partial charge is 0.467 e. The van der Waals surface area contributed by atoms with E-state index in [1.807, 2.05) is 48.2 Å². The third-order valence-corrected chi connectivity index (χ3v) is 7.73. The van der Waals surface area contributed by atoms with Gasteiger partial charge in [0.1, 0.15) is 5.75 Å². The first-order valence-corrected chi connectivity index (χ1v) is 13.0. The standard InChI is InChI=1S/C29H29ClN4O3/c1-29-18-25(24-17-22(30)10-11-26(24)37-29)31-28(36)34(29)23-9-5-8-21(16-23)27(35)33-14-12-32(13-15-33)19-20-6-3-2-4-7-20/h2-11,16-17,25H,12-15,18-19H2,1H3,(H,31,36). The van der Waals surface area contributed by atoms with Crippen LogP contribution in [0, 0.1) is 0 Å². The number of benzene rings is 3. The normalized spacial score (nSPS) is 23.2. The first kappa shape index (κ1) is 23.8. The minimum atomic E-state index is -0.890. The zero-order chi connectivity index (χ0) is 25.6. The Morgan fingerprint density at radius 1 is 1.03 bits per heavy atom. The number of urea groups is 1. The average Bonchev–Trinajstić information content (AvgIpc) is 2.89. The van der Waals surface area contributed by atoms with Crippen LogP contribution in [0.4, 0.5) is 10.5 Å². The molecule has 2 fully saturated rings. The molecule has 0 spiro atoms. The summed E-state index contributed by atoms with van der Waals surface area (Å²) >= 11 is 6.19. The SMILES string of the molecule is CC12CC(NC(=O)N1c1cccc(C(=O)N3CCN(Cc4ccccc4)CC3)c1)c1cc(Cl)ccc1O2. The molecular weight excluding hydrogens is 488 g/mol. The van der Waals surface area contributed by atoms with E-state index in [1.165, 1.54) is 5.56 Å². The van der Waals surface area contributed by atoms with Crippen molar-refractivity contribution in [2.24, 2.45) is 0 Å². The summed E-state index contributed by atoms with van der Waals surface area (Å²) in [5.74, 6) is 0.681. The molecule has 3 aromatic rings. The van der Waals surface area contributed by atoms with Crippen LogP contribution in [-0.4, -0.2) is 53.6 Å². The minimum absolute atomic E-state index is 0.0220. The number of amides is 3. The molecule has 0 radical (unpaired) electrons. The van der Waals surface area contributed by atoms with E-state index in [-0.39, 0.29) is 18.0 Å². The van der Waals surface area contributed by atoms with Gasteiger partial charge in [-0.2, -0.15) is 0 Å². The fourth-order valence-corrected chi connectivity index (χ4v) is 5.83. The van der Waals surface area contributed by atoms with Crippen LogP contribution in [0.5, 0.6) is 5.75 Å². The molecule has 2 saturated heterocycles. The second-order valence-electron chi connectivity index (χ2n) is 10.1. The number of hydrogen-bond acceptors (Lipinski definition) is 4. The second kappa shape index (κ2) is 9.39. The van der Waals surface area contributed by atoms with Crippen LogP contribution in [0.3, 0.4) is 0 Å². The molecule has 7 nitrogen and oxygen atoms in total. The van der Waals surface area contributed by atoms with Gasteiger partial charge in [-0.05, 0) is 48.9 Å². The van der Waals surface area contributed by atoms with E-state index >= 15 is 0 Å². The quantitative estimate of drug-likeness (QED) is 0.526. The summed E-state index contributed by atoms with van der Waals surface area (Å²) in [6.07, 6.45) is 0.563. The number of ether oxygens (including phenoxy) is 1. The van der Waals surface area contributed by atoms with E-state index in [1.54, 1.807) is 17.0 Å². The molecule has 0 aromatic heterocycles. The van der Waals surface area contributed by atoms with Crippen molar-refractivity contribution >= 4 is 29.2 Å². The molecule has 3 amide bonds. The highest BCUT2D eigenvalue weighted by molar-refractivity contribution is 6.30. The predicted molar refractivity (Wildman–Crippen MR) is 143 cm³/mol. The molecule has 37 heavy (non-hydrogen) atoms. The molecule has 2 bridgehead atoms. The van der Waals surface area contributed by atoms with Gasteiger partial charge in [0.05, 0.1) is 11.7 Å². The summed E-state index contributed by atoms with van der Waals surface area (Å²) < 4.78 is 6.37. The van der Waals surface area contributed by atoms with Gasteiger partial charge in [-0.1, -0.05) is 48.0 Å². The maximum Gasteiger partial charge on any atom is 0.325 e. The van der Waals surface area contributed by atoms with Crippen molar-refractivity contribution in [2.45, 2.75) is 31.7 Å². The van der Waals surface area contributed by atoms with E-state index in [4.69, 9.17) is 16.3 Å². The van der Waals surface area contributed by atoms with Gasteiger partial charge in [0, 0.05) is 55.3 Å². The lowest BCUT2D eigenvalue weighted by atomic mass is 9.90. The molecule has 2 atom stereocenters. The Kier molecular flexibility index (Phi) is 6.05. The molecule has 3 aliphatic rings. The summed E-state index contributed by atoms with van der Waals surface area (Å²) in [7, 11) is 0. The second-order valence-corrected chi connectivity index (χ2v) is 10.5. The number of piperazine rings is 1. The molecule has 0 saturated carbocycles. The summed E-state index contributed by atoms with van der Waals surface area (Å²) in [6.45, 7) is 5.79.